The molecule has 0 aliphatic heterocycles. The minimum atomic E-state index is -0.0816. The van der Waals surface area contributed by atoms with Gasteiger partial charge in [-0.3, -0.25) is 4.79 Å². The highest BCUT2D eigenvalue weighted by Crippen LogP contribution is 2.29. The zero-order valence-electron chi connectivity index (χ0n) is 13.2. The maximum absolute atomic E-state index is 11.6. The predicted molar refractivity (Wildman–Crippen MR) is 90.0 cm³/mol. The number of benzene rings is 2. The Kier molecular flexibility index (Phi) is 5.54. The van der Waals surface area contributed by atoms with E-state index >= 15 is 0 Å². The van der Waals surface area contributed by atoms with Gasteiger partial charge in [-0.05, 0) is 30.2 Å². The molecule has 0 saturated heterocycles. The van der Waals surface area contributed by atoms with Gasteiger partial charge in [-0.1, -0.05) is 55.5 Å². The molecule has 2 aromatic rings. The first-order valence-electron chi connectivity index (χ1n) is 7.51. The van der Waals surface area contributed by atoms with Crippen molar-refractivity contribution in [2.24, 2.45) is 5.92 Å². The van der Waals surface area contributed by atoms with E-state index in [0.29, 0.717) is 6.61 Å². The Balaban J connectivity index is 2.12. The van der Waals surface area contributed by atoms with E-state index in [0.717, 1.165) is 16.9 Å². The molecule has 0 fully saturated rings. The van der Waals surface area contributed by atoms with Crippen molar-refractivity contribution in [1.82, 2.24) is 0 Å². The van der Waals surface area contributed by atoms with Gasteiger partial charge in [-0.15, -0.1) is 6.58 Å². The van der Waals surface area contributed by atoms with Crippen LogP contribution in [-0.4, -0.2) is 5.78 Å². The van der Waals surface area contributed by atoms with Crippen LogP contribution in [0.4, 0.5) is 0 Å². The number of ketones is 1. The fraction of sp³-hybridized carbons (Fsp3) is 0.250. The van der Waals surface area contributed by atoms with Crippen LogP contribution in [0, 0.1) is 5.92 Å². The van der Waals surface area contributed by atoms with Crippen molar-refractivity contribution < 1.29 is 9.53 Å². The number of Topliss-reactive ketones (excluding diaryl/α,β-unsaturated/α-hetero) is 1. The van der Waals surface area contributed by atoms with Crippen molar-refractivity contribution in [1.29, 1.82) is 0 Å². The summed E-state index contributed by atoms with van der Waals surface area (Å²) in [5.41, 5.74) is 2.19. The van der Waals surface area contributed by atoms with Crippen LogP contribution in [0.3, 0.4) is 0 Å². The van der Waals surface area contributed by atoms with Crippen LogP contribution in [-0.2, 0) is 11.4 Å². The van der Waals surface area contributed by atoms with E-state index in [-0.39, 0.29) is 17.6 Å². The molecule has 2 rings (SSSR count). The van der Waals surface area contributed by atoms with Crippen molar-refractivity contribution in [2.45, 2.75) is 26.4 Å². The first-order valence-corrected chi connectivity index (χ1v) is 7.51. The maximum atomic E-state index is 11.6. The molecule has 114 valence electrons. The van der Waals surface area contributed by atoms with E-state index in [9.17, 15) is 4.79 Å². The van der Waals surface area contributed by atoms with Gasteiger partial charge in [-0.25, -0.2) is 0 Å². The number of hydrogen-bond acceptors (Lipinski definition) is 2. The van der Waals surface area contributed by atoms with E-state index < -0.39 is 0 Å². The summed E-state index contributed by atoms with van der Waals surface area (Å²) >= 11 is 0. The molecular weight excluding hydrogens is 272 g/mol. The van der Waals surface area contributed by atoms with Crippen molar-refractivity contribution in [3.63, 3.8) is 0 Å². The van der Waals surface area contributed by atoms with Crippen LogP contribution < -0.4 is 4.74 Å². The standard InChI is InChI=1S/C20H22O2/c1-4-20(15(2)16(3)21)18-11-8-12-19(13-18)22-14-17-9-6-5-7-10-17/h4-13,15,20H,1,14H2,2-3H3. The van der Waals surface area contributed by atoms with Crippen LogP contribution in [0.2, 0.25) is 0 Å². The molecule has 0 spiro atoms. The van der Waals surface area contributed by atoms with E-state index in [1.807, 2.05) is 67.6 Å². The monoisotopic (exact) mass is 294 g/mol. The van der Waals surface area contributed by atoms with E-state index in [1.54, 1.807) is 6.92 Å². The second kappa shape index (κ2) is 7.60. The van der Waals surface area contributed by atoms with Gasteiger partial charge in [0, 0.05) is 11.8 Å². The molecule has 0 aliphatic rings. The molecule has 0 radical (unpaired) electrons. The molecular formula is C20H22O2. The molecule has 2 nitrogen and oxygen atoms in total. The quantitative estimate of drug-likeness (QED) is 0.688. The van der Waals surface area contributed by atoms with Gasteiger partial charge in [0.05, 0.1) is 0 Å². The maximum Gasteiger partial charge on any atom is 0.133 e. The lowest BCUT2D eigenvalue weighted by Crippen LogP contribution is -2.15. The van der Waals surface area contributed by atoms with Gasteiger partial charge in [0.25, 0.3) is 0 Å². The zero-order chi connectivity index (χ0) is 15.9. The third kappa shape index (κ3) is 4.08. The molecule has 2 heteroatoms. The Hall–Kier alpha value is -2.35. The average molecular weight is 294 g/mol. The number of rotatable bonds is 7. The summed E-state index contributed by atoms with van der Waals surface area (Å²) < 4.78 is 5.85. The number of carbonyl (C=O) groups is 1. The number of hydrogen-bond donors (Lipinski definition) is 0. The van der Waals surface area contributed by atoms with Gasteiger partial charge < -0.3 is 4.74 Å². The van der Waals surface area contributed by atoms with Gasteiger partial charge in [0.2, 0.25) is 0 Å². The normalized spacial score (nSPS) is 13.2. The van der Waals surface area contributed by atoms with Crippen LogP contribution in [0.1, 0.15) is 30.9 Å². The van der Waals surface area contributed by atoms with Crippen molar-refractivity contribution in [3.05, 3.63) is 78.4 Å². The number of carbonyl (C=O) groups excluding carboxylic acids is 1. The minimum Gasteiger partial charge on any atom is -0.489 e. The SMILES string of the molecule is C=CC(c1cccc(OCc2ccccc2)c1)C(C)C(C)=O. The Morgan fingerprint density at radius 1 is 1.18 bits per heavy atom. The summed E-state index contributed by atoms with van der Waals surface area (Å²) in [5.74, 6) is 0.907. The molecule has 2 aromatic carbocycles. The Bertz CT molecular complexity index is 631. The molecule has 0 N–H and O–H groups in total. The first kappa shape index (κ1) is 16.0. The van der Waals surface area contributed by atoms with E-state index in [2.05, 4.69) is 6.58 Å². The fourth-order valence-electron chi connectivity index (χ4n) is 2.43. The molecule has 2 unspecified atom stereocenters. The Morgan fingerprint density at radius 3 is 2.55 bits per heavy atom. The lowest BCUT2D eigenvalue weighted by Gasteiger charge is -2.19. The summed E-state index contributed by atoms with van der Waals surface area (Å²) in [5, 5.41) is 0. The Labute approximate surface area is 132 Å². The van der Waals surface area contributed by atoms with Crippen LogP contribution in [0.25, 0.3) is 0 Å². The molecule has 0 amide bonds. The highest BCUT2D eigenvalue weighted by Gasteiger charge is 2.20. The number of allylic oxidation sites excluding steroid dienone is 1. The topological polar surface area (TPSA) is 26.3 Å². The summed E-state index contributed by atoms with van der Waals surface area (Å²) in [6, 6.07) is 18.0. The minimum absolute atomic E-state index is 0.0118. The zero-order valence-corrected chi connectivity index (χ0v) is 13.2. The second-order valence-electron chi connectivity index (χ2n) is 5.51. The second-order valence-corrected chi connectivity index (χ2v) is 5.51. The lowest BCUT2D eigenvalue weighted by atomic mass is 9.85. The third-order valence-electron chi connectivity index (χ3n) is 3.93. The molecule has 0 saturated carbocycles. The average Bonchev–Trinajstić information content (AvgIpc) is 2.55. The summed E-state index contributed by atoms with van der Waals surface area (Å²) in [4.78, 5) is 11.6. The third-order valence-corrected chi connectivity index (χ3v) is 3.93. The van der Waals surface area contributed by atoms with Gasteiger partial charge in [0.15, 0.2) is 0 Å². The molecule has 0 aliphatic carbocycles. The van der Waals surface area contributed by atoms with Crippen LogP contribution in [0.5, 0.6) is 5.75 Å². The largest absolute Gasteiger partial charge is 0.489 e. The Morgan fingerprint density at radius 2 is 1.91 bits per heavy atom. The van der Waals surface area contributed by atoms with Gasteiger partial charge in [-0.2, -0.15) is 0 Å². The highest BCUT2D eigenvalue weighted by atomic mass is 16.5. The molecule has 2 atom stereocenters. The lowest BCUT2D eigenvalue weighted by molar-refractivity contribution is -0.120. The summed E-state index contributed by atoms with van der Waals surface area (Å²) in [7, 11) is 0. The number of ether oxygens (including phenoxy) is 1. The molecule has 0 heterocycles. The molecule has 22 heavy (non-hydrogen) atoms. The van der Waals surface area contributed by atoms with E-state index in [1.165, 1.54) is 0 Å². The van der Waals surface area contributed by atoms with Crippen molar-refractivity contribution >= 4 is 5.78 Å². The van der Waals surface area contributed by atoms with Crippen LogP contribution >= 0.6 is 0 Å². The van der Waals surface area contributed by atoms with Crippen LogP contribution in [0.15, 0.2) is 67.3 Å². The van der Waals surface area contributed by atoms with Gasteiger partial charge >= 0.3 is 0 Å². The molecule has 0 bridgehead atoms. The van der Waals surface area contributed by atoms with E-state index in [4.69, 9.17) is 4.74 Å². The highest BCUT2D eigenvalue weighted by molar-refractivity contribution is 5.79. The first-order chi connectivity index (χ1) is 10.6. The van der Waals surface area contributed by atoms with Crippen molar-refractivity contribution in [3.8, 4) is 5.75 Å². The van der Waals surface area contributed by atoms with Crippen molar-refractivity contribution in [2.75, 3.05) is 0 Å². The predicted octanol–water partition coefficient (Wildman–Crippen LogP) is 4.76. The summed E-state index contributed by atoms with van der Waals surface area (Å²) in [6.07, 6.45) is 1.84. The molecule has 0 aromatic heterocycles. The summed E-state index contributed by atoms with van der Waals surface area (Å²) in [6.45, 7) is 7.96. The van der Waals surface area contributed by atoms with Gasteiger partial charge in [0.1, 0.15) is 18.1 Å². The smallest absolute Gasteiger partial charge is 0.133 e. The fourth-order valence-corrected chi connectivity index (χ4v) is 2.43.